The van der Waals surface area contributed by atoms with Gasteiger partial charge in [-0.3, -0.25) is 0 Å². The summed E-state index contributed by atoms with van der Waals surface area (Å²) in [4.78, 5) is 21.8. The zero-order valence-electron chi connectivity index (χ0n) is 6.73. The molecule has 0 aliphatic carbocycles. The van der Waals surface area contributed by atoms with E-state index in [0.717, 1.165) is 0 Å². The van der Waals surface area contributed by atoms with Gasteiger partial charge < -0.3 is 0 Å². The van der Waals surface area contributed by atoms with Crippen LogP contribution >= 0.6 is 10.2 Å². The van der Waals surface area contributed by atoms with Crippen molar-refractivity contribution in [1.82, 2.24) is 5.32 Å². The van der Waals surface area contributed by atoms with Crippen molar-refractivity contribution in [1.29, 1.82) is 0 Å². The molecular formula is C6H10N2O3SSe. The van der Waals surface area contributed by atoms with Crippen LogP contribution in [0.5, 0.6) is 0 Å². The molecule has 1 aliphatic heterocycles. The average Bonchev–Trinajstić information content (AvgIpc) is 2.06. The van der Waals surface area contributed by atoms with Gasteiger partial charge in [0.15, 0.2) is 0 Å². The third-order valence-electron chi connectivity index (χ3n) is 1.52. The van der Waals surface area contributed by atoms with E-state index in [1.165, 1.54) is 0 Å². The Morgan fingerprint density at radius 3 is 3.08 bits per heavy atom. The number of carboxylic acids is 1. The second-order valence-corrected chi connectivity index (χ2v) is 7.05. The van der Waals surface area contributed by atoms with Gasteiger partial charge >= 0.3 is 84.8 Å². The Bertz CT molecular complexity index is 226. The van der Waals surface area contributed by atoms with E-state index in [-0.39, 0.29) is 19.7 Å². The summed E-state index contributed by atoms with van der Waals surface area (Å²) < 4.78 is 0. The Morgan fingerprint density at radius 1 is 1.77 bits per heavy atom. The fraction of sp³-hybridized carbons (Fsp3) is 0.667. The van der Waals surface area contributed by atoms with Crippen molar-refractivity contribution in [2.45, 2.75) is 17.4 Å². The molecule has 5 nitrogen and oxygen atoms in total. The van der Waals surface area contributed by atoms with Crippen molar-refractivity contribution in [2.75, 3.05) is 5.75 Å². The molecule has 1 heterocycles. The van der Waals surface area contributed by atoms with Crippen LogP contribution in [0.4, 0.5) is 0 Å². The minimum atomic E-state index is -0.982. The maximum absolute atomic E-state index is 11.2. The Balaban J connectivity index is 2.58. The first-order chi connectivity index (χ1) is 6.11. The Kier molecular flexibility index (Phi) is 4.05. The van der Waals surface area contributed by atoms with E-state index in [4.69, 9.17) is 10.8 Å². The minimum absolute atomic E-state index is 0.189. The number of amides is 1. The third-order valence-corrected chi connectivity index (χ3v) is 5.78. The summed E-state index contributed by atoms with van der Waals surface area (Å²) in [6.45, 7) is 0. The summed E-state index contributed by atoms with van der Waals surface area (Å²) in [6.07, 6.45) is 0. The predicted octanol–water partition coefficient (Wildman–Crippen LogP) is -1.33. The number of carbonyl (C=O) groups excluding carboxylic acids is 1. The van der Waals surface area contributed by atoms with E-state index in [0.29, 0.717) is 11.1 Å². The van der Waals surface area contributed by atoms with Crippen LogP contribution in [0.15, 0.2) is 0 Å². The Labute approximate surface area is 85.0 Å². The van der Waals surface area contributed by atoms with Crippen LogP contribution in [0.1, 0.15) is 0 Å². The van der Waals surface area contributed by atoms with Gasteiger partial charge in [-0.05, 0) is 0 Å². The first-order valence-corrected chi connectivity index (χ1v) is 7.86. The summed E-state index contributed by atoms with van der Waals surface area (Å²) in [5.41, 5.74) is 5.49. The molecule has 0 bridgehead atoms. The molecule has 0 aromatic heterocycles. The summed E-state index contributed by atoms with van der Waals surface area (Å²) >= 11 is 0.189. The van der Waals surface area contributed by atoms with Gasteiger partial charge in [-0.15, -0.1) is 0 Å². The molecule has 0 saturated carbocycles. The molecule has 0 radical (unpaired) electrons. The van der Waals surface area contributed by atoms with Crippen LogP contribution < -0.4 is 11.1 Å². The zero-order valence-corrected chi connectivity index (χ0v) is 9.26. The molecule has 1 aliphatic rings. The molecule has 1 amide bonds. The standard InChI is InChI=1S/C6H10N2O3SSe/c7-3-1-12-13-2-4(6(10)11)8-5(3)9/h3-4H,1-2,7H2,(H,8,9)(H,10,11)/t3-,4-/m0/s1. The molecule has 1 saturated heterocycles. The first kappa shape index (κ1) is 10.8. The van der Waals surface area contributed by atoms with Crippen LogP contribution in [0, 0.1) is 0 Å². The fourth-order valence-corrected chi connectivity index (χ4v) is 4.86. The molecule has 13 heavy (non-hydrogen) atoms. The van der Waals surface area contributed by atoms with Gasteiger partial charge in [0.1, 0.15) is 0 Å². The average molecular weight is 269 g/mol. The van der Waals surface area contributed by atoms with Gasteiger partial charge in [-0.1, -0.05) is 0 Å². The van der Waals surface area contributed by atoms with Crippen molar-refractivity contribution in [2.24, 2.45) is 5.73 Å². The number of carbonyl (C=O) groups is 2. The van der Waals surface area contributed by atoms with Crippen LogP contribution in [-0.4, -0.2) is 48.7 Å². The number of aliphatic carboxylic acids is 1. The Morgan fingerprint density at radius 2 is 2.46 bits per heavy atom. The van der Waals surface area contributed by atoms with Crippen LogP contribution in [-0.2, 0) is 9.59 Å². The van der Waals surface area contributed by atoms with Gasteiger partial charge in [0.25, 0.3) is 0 Å². The third kappa shape index (κ3) is 3.19. The number of hydrogen-bond acceptors (Lipinski definition) is 4. The zero-order chi connectivity index (χ0) is 9.84. The summed E-state index contributed by atoms with van der Waals surface area (Å²) in [5.74, 6) is -0.765. The molecule has 0 aromatic rings. The van der Waals surface area contributed by atoms with Gasteiger partial charge in [0.05, 0.1) is 0 Å². The molecule has 2 atom stereocenters. The van der Waals surface area contributed by atoms with E-state index >= 15 is 0 Å². The van der Waals surface area contributed by atoms with E-state index < -0.39 is 18.1 Å². The normalized spacial score (nSPS) is 30.1. The SMILES string of the molecule is N[C@H]1CS[Se]C[C@@H](C(=O)O)NC1=O. The molecule has 4 N–H and O–H groups in total. The van der Waals surface area contributed by atoms with E-state index in [1.807, 2.05) is 0 Å². The van der Waals surface area contributed by atoms with Crippen molar-refractivity contribution < 1.29 is 14.7 Å². The van der Waals surface area contributed by atoms with Crippen molar-refractivity contribution in [3.8, 4) is 0 Å². The van der Waals surface area contributed by atoms with Gasteiger partial charge in [-0.2, -0.15) is 0 Å². The molecule has 1 fully saturated rings. The summed E-state index contributed by atoms with van der Waals surface area (Å²) in [7, 11) is 1.58. The topological polar surface area (TPSA) is 92.4 Å². The fourth-order valence-electron chi connectivity index (χ4n) is 0.767. The van der Waals surface area contributed by atoms with Crippen LogP contribution in [0.2, 0.25) is 5.32 Å². The first-order valence-electron chi connectivity index (χ1n) is 3.64. The van der Waals surface area contributed by atoms with Crippen LogP contribution in [0.25, 0.3) is 0 Å². The summed E-state index contributed by atoms with van der Waals surface area (Å²) in [5, 5.41) is 11.6. The van der Waals surface area contributed by atoms with Gasteiger partial charge in [0, 0.05) is 0 Å². The van der Waals surface area contributed by atoms with Gasteiger partial charge in [-0.25, -0.2) is 0 Å². The van der Waals surface area contributed by atoms with E-state index in [9.17, 15) is 9.59 Å². The molecule has 7 heteroatoms. The second kappa shape index (κ2) is 4.85. The molecule has 0 spiro atoms. The quantitative estimate of drug-likeness (QED) is 0.513. The van der Waals surface area contributed by atoms with E-state index in [2.05, 4.69) is 5.32 Å². The molecule has 0 unspecified atom stereocenters. The molecule has 0 aromatic carbocycles. The number of nitrogens with one attached hydrogen (secondary N) is 1. The Hall–Kier alpha value is -0.231. The second-order valence-electron chi connectivity index (χ2n) is 2.57. The monoisotopic (exact) mass is 270 g/mol. The number of carboxylic acid groups (broad SMARTS) is 1. The molecule has 74 valence electrons. The maximum atomic E-state index is 11.2. The summed E-state index contributed by atoms with van der Waals surface area (Å²) in [6, 6.07) is -1.33. The van der Waals surface area contributed by atoms with Gasteiger partial charge in [0.2, 0.25) is 0 Å². The van der Waals surface area contributed by atoms with Crippen molar-refractivity contribution in [3.05, 3.63) is 0 Å². The van der Waals surface area contributed by atoms with Crippen molar-refractivity contribution >= 4 is 35.9 Å². The number of rotatable bonds is 1. The molecular weight excluding hydrogens is 259 g/mol. The number of hydrogen-bond donors (Lipinski definition) is 3. The van der Waals surface area contributed by atoms with Crippen LogP contribution in [0.3, 0.4) is 0 Å². The predicted molar refractivity (Wildman–Crippen MR) is 50.6 cm³/mol. The van der Waals surface area contributed by atoms with Crippen molar-refractivity contribution in [3.63, 3.8) is 0 Å². The van der Waals surface area contributed by atoms with E-state index in [1.54, 1.807) is 10.2 Å². The number of nitrogens with two attached hydrogens (primary N) is 1. The molecule has 1 rings (SSSR count).